The van der Waals surface area contributed by atoms with Gasteiger partial charge in [0.15, 0.2) is 0 Å². The van der Waals surface area contributed by atoms with Crippen molar-refractivity contribution in [1.82, 2.24) is 9.96 Å². The maximum absolute atomic E-state index is 11.7. The second kappa shape index (κ2) is 5.86. The molecule has 0 unspecified atom stereocenters. The summed E-state index contributed by atoms with van der Waals surface area (Å²) in [6.07, 6.45) is -0.539. The van der Waals surface area contributed by atoms with Crippen LogP contribution in [-0.2, 0) is 14.4 Å². The fraction of sp³-hybridized carbons (Fsp3) is 0.818. The first-order chi connectivity index (χ1) is 7.60. The van der Waals surface area contributed by atoms with Gasteiger partial charge < -0.3 is 4.74 Å². The van der Waals surface area contributed by atoms with Gasteiger partial charge in [-0.2, -0.15) is 0 Å². The van der Waals surface area contributed by atoms with Crippen molar-refractivity contribution >= 4 is 12.0 Å². The minimum atomic E-state index is -0.644. The fourth-order valence-electron chi connectivity index (χ4n) is 1.01. The molecule has 0 heterocycles. The van der Waals surface area contributed by atoms with Crippen molar-refractivity contribution in [1.29, 1.82) is 0 Å². The van der Waals surface area contributed by atoms with Crippen LogP contribution in [0.15, 0.2) is 0 Å². The van der Waals surface area contributed by atoms with Crippen molar-refractivity contribution in [2.75, 3.05) is 21.2 Å². The van der Waals surface area contributed by atoms with E-state index < -0.39 is 17.7 Å². The van der Waals surface area contributed by atoms with Gasteiger partial charge in [-0.1, -0.05) is 0 Å². The number of hydroxylamine groups is 2. The summed E-state index contributed by atoms with van der Waals surface area (Å²) in [6, 6.07) is -0.644. The summed E-state index contributed by atoms with van der Waals surface area (Å²) < 4.78 is 5.16. The smallest absolute Gasteiger partial charge is 0.410 e. The first-order valence-electron chi connectivity index (χ1n) is 5.37. The first-order valence-corrected chi connectivity index (χ1v) is 5.37. The van der Waals surface area contributed by atoms with E-state index in [2.05, 4.69) is 0 Å². The third kappa shape index (κ3) is 5.04. The highest BCUT2D eigenvalue weighted by molar-refractivity contribution is 5.84. The molecule has 0 aliphatic heterocycles. The van der Waals surface area contributed by atoms with Crippen LogP contribution in [-0.4, -0.2) is 54.8 Å². The van der Waals surface area contributed by atoms with Crippen LogP contribution < -0.4 is 0 Å². The Bertz CT molecular complexity index is 286. The van der Waals surface area contributed by atoms with Gasteiger partial charge >= 0.3 is 6.09 Å². The fourth-order valence-corrected chi connectivity index (χ4v) is 1.01. The SMILES string of the molecule is CON(C)C(=O)[C@@H](C)N(C)C(=O)OC(C)(C)C. The van der Waals surface area contributed by atoms with Crippen molar-refractivity contribution in [3.05, 3.63) is 0 Å². The molecule has 0 rings (SSSR count). The second-order valence-electron chi connectivity index (χ2n) is 4.79. The number of rotatable bonds is 3. The van der Waals surface area contributed by atoms with E-state index in [4.69, 9.17) is 9.57 Å². The van der Waals surface area contributed by atoms with Gasteiger partial charge in [0.05, 0.1) is 7.11 Å². The highest BCUT2D eigenvalue weighted by Gasteiger charge is 2.28. The van der Waals surface area contributed by atoms with E-state index in [9.17, 15) is 9.59 Å². The summed E-state index contributed by atoms with van der Waals surface area (Å²) in [4.78, 5) is 29.5. The lowest BCUT2D eigenvalue weighted by Crippen LogP contribution is -2.47. The van der Waals surface area contributed by atoms with Crippen LogP contribution in [0, 0.1) is 0 Å². The summed E-state index contributed by atoms with van der Waals surface area (Å²) in [5, 5.41) is 1.07. The summed E-state index contributed by atoms with van der Waals surface area (Å²) in [5.74, 6) is -0.319. The van der Waals surface area contributed by atoms with Crippen LogP contribution in [0.25, 0.3) is 0 Å². The monoisotopic (exact) mass is 246 g/mol. The maximum atomic E-state index is 11.7. The van der Waals surface area contributed by atoms with Crippen LogP contribution >= 0.6 is 0 Å². The van der Waals surface area contributed by atoms with Crippen molar-refractivity contribution < 1.29 is 19.2 Å². The minimum Gasteiger partial charge on any atom is -0.444 e. The van der Waals surface area contributed by atoms with Gasteiger partial charge in [0.2, 0.25) is 0 Å². The Kier molecular flexibility index (Phi) is 5.41. The highest BCUT2D eigenvalue weighted by atomic mass is 16.7. The average Bonchev–Trinajstić information content (AvgIpc) is 2.22. The Morgan fingerprint density at radius 3 is 2.00 bits per heavy atom. The molecule has 0 N–H and O–H groups in total. The molecule has 0 spiro atoms. The molecule has 0 saturated heterocycles. The van der Waals surface area contributed by atoms with Crippen molar-refractivity contribution in [3.63, 3.8) is 0 Å². The van der Waals surface area contributed by atoms with Gasteiger partial charge in [-0.3, -0.25) is 14.5 Å². The Morgan fingerprint density at radius 1 is 1.18 bits per heavy atom. The highest BCUT2D eigenvalue weighted by Crippen LogP contribution is 2.11. The number of likely N-dealkylation sites (N-methyl/N-ethyl adjacent to an activating group) is 2. The Hall–Kier alpha value is -1.30. The third-order valence-corrected chi connectivity index (χ3v) is 2.20. The van der Waals surface area contributed by atoms with Gasteiger partial charge in [0.25, 0.3) is 5.91 Å². The molecule has 0 aliphatic rings. The van der Waals surface area contributed by atoms with Crippen molar-refractivity contribution in [3.8, 4) is 0 Å². The quantitative estimate of drug-likeness (QED) is 0.703. The molecular formula is C11H22N2O4. The Balaban J connectivity index is 4.55. The first kappa shape index (κ1) is 15.7. The lowest BCUT2D eigenvalue weighted by Gasteiger charge is -2.29. The normalized spacial score (nSPS) is 12.9. The number of carbonyl (C=O) groups excluding carboxylic acids is 2. The van der Waals surface area contributed by atoms with E-state index in [0.717, 1.165) is 5.06 Å². The van der Waals surface area contributed by atoms with Gasteiger partial charge in [-0.05, 0) is 27.7 Å². The summed E-state index contributed by atoms with van der Waals surface area (Å²) in [6.45, 7) is 6.92. The molecule has 1 atom stereocenters. The van der Waals surface area contributed by atoms with Crippen LogP contribution in [0.5, 0.6) is 0 Å². The summed E-state index contributed by atoms with van der Waals surface area (Å²) >= 11 is 0. The summed E-state index contributed by atoms with van der Waals surface area (Å²) in [7, 11) is 4.39. The van der Waals surface area contributed by atoms with E-state index >= 15 is 0 Å². The number of hydrogen-bond acceptors (Lipinski definition) is 4. The average molecular weight is 246 g/mol. The largest absolute Gasteiger partial charge is 0.444 e. The minimum absolute atomic E-state index is 0.319. The molecule has 17 heavy (non-hydrogen) atoms. The molecule has 2 amide bonds. The molecule has 6 heteroatoms. The van der Waals surface area contributed by atoms with E-state index in [1.807, 2.05) is 0 Å². The molecule has 0 aliphatic carbocycles. The van der Waals surface area contributed by atoms with E-state index in [1.165, 1.54) is 26.1 Å². The molecule has 0 radical (unpaired) electrons. The molecule has 0 fully saturated rings. The zero-order valence-corrected chi connectivity index (χ0v) is 11.6. The third-order valence-electron chi connectivity index (χ3n) is 2.20. The van der Waals surface area contributed by atoms with Gasteiger partial charge in [0.1, 0.15) is 11.6 Å². The van der Waals surface area contributed by atoms with Gasteiger partial charge in [-0.25, -0.2) is 9.86 Å². The Labute approximate surface area is 102 Å². The molecule has 0 aromatic rings. The van der Waals surface area contributed by atoms with Crippen LogP contribution in [0.3, 0.4) is 0 Å². The molecular weight excluding hydrogens is 224 g/mol. The van der Waals surface area contributed by atoms with Gasteiger partial charge in [0, 0.05) is 14.1 Å². The zero-order valence-electron chi connectivity index (χ0n) is 11.6. The van der Waals surface area contributed by atoms with Crippen LogP contribution in [0.2, 0.25) is 0 Å². The molecule has 0 saturated carbocycles. The number of amides is 2. The molecule has 0 aromatic carbocycles. The lowest BCUT2D eigenvalue weighted by atomic mass is 10.2. The standard InChI is InChI=1S/C11H22N2O4/c1-8(9(14)13(6)16-7)12(5)10(15)17-11(2,3)4/h8H,1-7H3/t8-/m1/s1. The number of nitrogens with zero attached hydrogens (tertiary/aromatic N) is 2. The molecule has 0 aromatic heterocycles. The van der Waals surface area contributed by atoms with Gasteiger partial charge in [-0.15, -0.1) is 0 Å². The number of hydrogen-bond donors (Lipinski definition) is 0. The molecule has 0 bridgehead atoms. The predicted molar refractivity (Wildman–Crippen MR) is 63.2 cm³/mol. The zero-order chi connectivity index (χ0) is 13.8. The van der Waals surface area contributed by atoms with Crippen LogP contribution in [0.4, 0.5) is 4.79 Å². The van der Waals surface area contributed by atoms with Crippen LogP contribution in [0.1, 0.15) is 27.7 Å². The number of ether oxygens (including phenoxy) is 1. The van der Waals surface area contributed by atoms with E-state index in [-0.39, 0.29) is 5.91 Å². The summed E-state index contributed by atoms with van der Waals surface area (Å²) in [5.41, 5.74) is -0.582. The molecule has 100 valence electrons. The van der Waals surface area contributed by atoms with E-state index in [0.29, 0.717) is 0 Å². The number of carbonyl (C=O) groups is 2. The van der Waals surface area contributed by atoms with Crippen molar-refractivity contribution in [2.24, 2.45) is 0 Å². The Morgan fingerprint density at radius 2 is 1.65 bits per heavy atom. The lowest BCUT2D eigenvalue weighted by molar-refractivity contribution is -0.173. The van der Waals surface area contributed by atoms with Crippen molar-refractivity contribution in [2.45, 2.75) is 39.3 Å². The maximum Gasteiger partial charge on any atom is 0.410 e. The predicted octanol–water partition coefficient (Wildman–Crippen LogP) is 1.26. The topological polar surface area (TPSA) is 59.1 Å². The molecule has 6 nitrogen and oxygen atoms in total. The van der Waals surface area contributed by atoms with E-state index in [1.54, 1.807) is 27.7 Å². The second-order valence-corrected chi connectivity index (χ2v) is 4.79.